The summed E-state index contributed by atoms with van der Waals surface area (Å²) >= 11 is 0. The van der Waals surface area contributed by atoms with Crippen molar-refractivity contribution in [2.75, 3.05) is 20.8 Å². The highest BCUT2D eigenvalue weighted by molar-refractivity contribution is 5.67. The number of ether oxygens (including phenoxy) is 3. The number of pyridine rings is 1. The minimum atomic E-state index is -0.504. The van der Waals surface area contributed by atoms with Crippen LogP contribution in [-0.4, -0.2) is 37.4 Å². The molecule has 0 spiro atoms. The van der Waals surface area contributed by atoms with E-state index in [4.69, 9.17) is 14.2 Å². The average molecular weight is 282 g/mol. The van der Waals surface area contributed by atoms with Gasteiger partial charge in [0.15, 0.2) is 0 Å². The SMILES string of the molecule is COc1ccc(OC)c(CCNC(=O)OC(C)(C)C)n1. The third-order valence-corrected chi connectivity index (χ3v) is 2.37. The Morgan fingerprint density at radius 3 is 2.50 bits per heavy atom. The van der Waals surface area contributed by atoms with Crippen molar-refractivity contribution in [3.8, 4) is 11.6 Å². The molecule has 0 aromatic carbocycles. The fourth-order valence-corrected chi connectivity index (χ4v) is 1.54. The van der Waals surface area contributed by atoms with Crippen LogP contribution >= 0.6 is 0 Å². The Balaban J connectivity index is 2.55. The lowest BCUT2D eigenvalue weighted by Gasteiger charge is -2.19. The van der Waals surface area contributed by atoms with Crippen LogP contribution in [-0.2, 0) is 11.2 Å². The predicted molar refractivity (Wildman–Crippen MR) is 75.3 cm³/mol. The fraction of sp³-hybridized carbons (Fsp3) is 0.571. The molecular weight excluding hydrogens is 260 g/mol. The first kappa shape index (κ1) is 16.1. The number of carbonyl (C=O) groups is 1. The Hall–Kier alpha value is -1.98. The summed E-state index contributed by atoms with van der Waals surface area (Å²) in [6.07, 6.45) is 0.0824. The van der Waals surface area contributed by atoms with Gasteiger partial charge in [0.1, 0.15) is 11.4 Å². The highest BCUT2D eigenvalue weighted by Crippen LogP contribution is 2.20. The summed E-state index contributed by atoms with van der Waals surface area (Å²) in [4.78, 5) is 15.8. The van der Waals surface area contributed by atoms with Crippen LogP contribution in [0.2, 0.25) is 0 Å². The van der Waals surface area contributed by atoms with Gasteiger partial charge in [-0.2, -0.15) is 0 Å². The summed E-state index contributed by atoms with van der Waals surface area (Å²) in [5.74, 6) is 1.18. The van der Waals surface area contributed by atoms with Crippen LogP contribution in [0.1, 0.15) is 26.5 Å². The lowest BCUT2D eigenvalue weighted by Crippen LogP contribution is -2.33. The molecule has 0 radical (unpaired) electrons. The van der Waals surface area contributed by atoms with Crippen LogP contribution in [0.5, 0.6) is 11.6 Å². The number of carbonyl (C=O) groups excluding carboxylic acids is 1. The molecule has 0 saturated heterocycles. The first-order valence-corrected chi connectivity index (χ1v) is 6.40. The van der Waals surface area contributed by atoms with Gasteiger partial charge in [0.2, 0.25) is 5.88 Å². The molecule has 1 amide bonds. The molecule has 1 aromatic heterocycles. The van der Waals surface area contributed by atoms with E-state index in [9.17, 15) is 4.79 Å². The van der Waals surface area contributed by atoms with Crippen LogP contribution in [0, 0.1) is 0 Å². The third kappa shape index (κ3) is 5.34. The molecule has 0 aliphatic rings. The maximum atomic E-state index is 11.5. The Morgan fingerprint density at radius 2 is 1.95 bits per heavy atom. The second-order valence-electron chi connectivity index (χ2n) is 5.18. The maximum Gasteiger partial charge on any atom is 0.407 e. The first-order chi connectivity index (χ1) is 9.35. The standard InChI is InChI=1S/C14H22N2O4/c1-14(2,3)20-13(17)15-9-8-10-11(18-4)6-7-12(16-10)19-5/h6-7H,8-9H2,1-5H3,(H,15,17). The van der Waals surface area contributed by atoms with Crippen molar-refractivity contribution in [1.82, 2.24) is 10.3 Å². The molecule has 6 nitrogen and oxygen atoms in total. The van der Waals surface area contributed by atoms with Gasteiger partial charge >= 0.3 is 6.09 Å². The van der Waals surface area contributed by atoms with Gasteiger partial charge < -0.3 is 19.5 Å². The number of rotatable bonds is 5. The van der Waals surface area contributed by atoms with Gasteiger partial charge in [-0.05, 0) is 26.8 Å². The first-order valence-electron chi connectivity index (χ1n) is 6.40. The van der Waals surface area contributed by atoms with E-state index in [1.165, 1.54) is 0 Å². The maximum absolute atomic E-state index is 11.5. The molecule has 1 N–H and O–H groups in total. The molecule has 1 heterocycles. The molecule has 1 rings (SSSR count). The number of hydrogen-bond acceptors (Lipinski definition) is 5. The second kappa shape index (κ2) is 6.98. The van der Waals surface area contributed by atoms with Gasteiger partial charge in [-0.1, -0.05) is 0 Å². The van der Waals surface area contributed by atoms with E-state index in [0.717, 1.165) is 5.69 Å². The lowest BCUT2D eigenvalue weighted by molar-refractivity contribution is 0.0528. The zero-order chi connectivity index (χ0) is 15.2. The van der Waals surface area contributed by atoms with Crippen molar-refractivity contribution in [2.24, 2.45) is 0 Å². The largest absolute Gasteiger partial charge is 0.495 e. The van der Waals surface area contributed by atoms with Gasteiger partial charge in [0.05, 0.1) is 19.9 Å². The van der Waals surface area contributed by atoms with Crippen molar-refractivity contribution in [3.63, 3.8) is 0 Å². The van der Waals surface area contributed by atoms with Crippen molar-refractivity contribution in [3.05, 3.63) is 17.8 Å². The van der Waals surface area contributed by atoms with Crippen molar-refractivity contribution in [2.45, 2.75) is 32.8 Å². The minimum absolute atomic E-state index is 0.408. The van der Waals surface area contributed by atoms with Gasteiger partial charge in [0.25, 0.3) is 0 Å². The van der Waals surface area contributed by atoms with Gasteiger partial charge in [-0.25, -0.2) is 9.78 Å². The van der Waals surface area contributed by atoms with Crippen LogP contribution in [0.4, 0.5) is 4.79 Å². The topological polar surface area (TPSA) is 69.7 Å². The minimum Gasteiger partial charge on any atom is -0.495 e. The van der Waals surface area contributed by atoms with E-state index in [2.05, 4.69) is 10.3 Å². The monoisotopic (exact) mass is 282 g/mol. The average Bonchev–Trinajstić information content (AvgIpc) is 2.36. The van der Waals surface area contributed by atoms with Crippen LogP contribution in [0.15, 0.2) is 12.1 Å². The van der Waals surface area contributed by atoms with Crippen molar-refractivity contribution < 1.29 is 19.0 Å². The number of amides is 1. The van der Waals surface area contributed by atoms with Crippen LogP contribution in [0.3, 0.4) is 0 Å². The number of nitrogens with zero attached hydrogens (tertiary/aromatic N) is 1. The highest BCUT2D eigenvalue weighted by Gasteiger charge is 2.16. The number of hydrogen-bond donors (Lipinski definition) is 1. The van der Waals surface area contributed by atoms with Gasteiger partial charge in [-0.3, -0.25) is 0 Å². The molecule has 6 heteroatoms. The Bertz CT molecular complexity index is 455. The molecule has 112 valence electrons. The van der Waals surface area contributed by atoms with E-state index in [-0.39, 0.29) is 0 Å². The Morgan fingerprint density at radius 1 is 1.25 bits per heavy atom. The number of nitrogens with one attached hydrogen (secondary N) is 1. The molecule has 20 heavy (non-hydrogen) atoms. The predicted octanol–water partition coefficient (Wildman–Crippen LogP) is 2.17. The summed E-state index contributed by atoms with van der Waals surface area (Å²) in [6.45, 7) is 5.86. The zero-order valence-electron chi connectivity index (χ0n) is 12.6. The molecule has 0 unspecified atom stereocenters. The molecular formula is C14H22N2O4. The normalized spacial score (nSPS) is 10.8. The van der Waals surface area contributed by atoms with E-state index in [0.29, 0.717) is 24.6 Å². The van der Waals surface area contributed by atoms with E-state index in [1.807, 2.05) is 20.8 Å². The quantitative estimate of drug-likeness (QED) is 0.896. The molecule has 0 aliphatic heterocycles. The van der Waals surface area contributed by atoms with Gasteiger partial charge in [-0.15, -0.1) is 0 Å². The van der Waals surface area contributed by atoms with Crippen LogP contribution in [0.25, 0.3) is 0 Å². The summed E-state index contributed by atoms with van der Waals surface area (Å²) in [5.41, 5.74) is 0.221. The van der Waals surface area contributed by atoms with Crippen molar-refractivity contribution >= 4 is 6.09 Å². The summed E-state index contributed by atoms with van der Waals surface area (Å²) in [5, 5.41) is 2.68. The summed E-state index contributed by atoms with van der Waals surface area (Å²) in [7, 11) is 3.13. The van der Waals surface area contributed by atoms with E-state index < -0.39 is 11.7 Å². The number of methoxy groups -OCH3 is 2. The summed E-state index contributed by atoms with van der Waals surface area (Å²) < 4.78 is 15.4. The number of alkyl carbamates (subject to hydrolysis) is 1. The van der Waals surface area contributed by atoms with Crippen molar-refractivity contribution in [1.29, 1.82) is 0 Å². The molecule has 0 atom stereocenters. The highest BCUT2D eigenvalue weighted by atomic mass is 16.6. The van der Waals surface area contributed by atoms with E-state index in [1.54, 1.807) is 26.4 Å². The number of aromatic nitrogens is 1. The zero-order valence-corrected chi connectivity index (χ0v) is 12.6. The van der Waals surface area contributed by atoms with Crippen LogP contribution < -0.4 is 14.8 Å². The molecule has 0 bridgehead atoms. The van der Waals surface area contributed by atoms with Gasteiger partial charge in [0, 0.05) is 19.0 Å². The molecule has 0 saturated carbocycles. The fourth-order valence-electron chi connectivity index (χ4n) is 1.54. The Labute approximate surface area is 119 Å². The smallest absolute Gasteiger partial charge is 0.407 e. The second-order valence-corrected chi connectivity index (χ2v) is 5.18. The Kier molecular flexibility index (Phi) is 5.61. The lowest BCUT2D eigenvalue weighted by atomic mass is 10.2. The molecule has 0 fully saturated rings. The summed E-state index contributed by atoms with van der Waals surface area (Å²) in [6, 6.07) is 3.51. The van der Waals surface area contributed by atoms with E-state index >= 15 is 0 Å². The molecule has 0 aliphatic carbocycles. The third-order valence-electron chi connectivity index (χ3n) is 2.37. The molecule has 1 aromatic rings.